The maximum atomic E-state index is 13.1. The fourth-order valence-electron chi connectivity index (χ4n) is 3.11. The Morgan fingerprint density at radius 3 is 2.67 bits per heavy atom. The Morgan fingerprint density at radius 2 is 2.04 bits per heavy atom. The van der Waals surface area contributed by atoms with Crippen molar-refractivity contribution in [2.75, 3.05) is 6.54 Å². The highest BCUT2D eigenvalue weighted by Crippen LogP contribution is 2.20. The summed E-state index contributed by atoms with van der Waals surface area (Å²) >= 11 is 0. The Hall–Kier alpha value is -2.63. The Morgan fingerprint density at radius 1 is 1.29 bits per heavy atom. The average molecular weight is 325 g/mol. The summed E-state index contributed by atoms with van der Waals surface area (Å²) in [5.74, 6) is 0.00412. The average Bonchev–Trinajstić information content (AvgIpc) is 3.09. The Bertz CT molecular complexity index is 906. The molecule has 0 saturated carbocycles. The predicted molar refractivity (Wildman–Crippen MR) is 93.0 cm³/mol. The van der Waals surface area contributed by atoms with Gasteiger partial charge in [-0.2, -0.15) is 10.2 Å². The number of rotatable bonds is 4. The summed E-state index contributed by atoms with van der Waals surface area (Å²) in [5.41, 5.74) is 5.74. The molecule has 0 bridgehead atoms. The first kappa shape index (κ1) is 16.2. The number of nitrogens with zero attached hydrogens (tertiary/aromatic N) is 5. The summed E-state index contributed by atoms with van der Waals surface area (Å²) < 4.78 is 3.62. The second-order valence-corrected chi connectivity index (χ2v) is 6.13. The van der Waals surface area contributed by atoms with Gasteiger partial charge in [0.2, 0.25) is 0 Å². The molecule has 0 N–H and O–H groups in total. The molecule has 3 aromatic heterocycles. The van der Waals surface area contributed by atoms with E-state index in [2.05, 4.69) is 10.2 Å². The molecular weight excluding hydrogens is 302 g/mol. The van der Waals surface area contributed by atoms with Crippen molar-refractivity contribution in [3.63, 3.8) is 0 Å². The van der Waals surface area contributed by atoms with Crippen LogP contribution in [-0.2, 0) is 13.6 Å². The molecule has 3 aromatic rings. The Kier molecular flexibility index (Phi) is 4.13. The summed E-state index contributed by atoms with van der Waals surface area (Å²) in [5, 5.41) is 8.76. The lowest BCUT2D eigenvalue weighted by Crippen LogP contribution is -2.30. The highest BCUT2D eigenvalue weighted by molar-refractivity contribution is 6.01. The van der Waals surface area contributed by atoms with Crippen LogP contribution >= 0.6 is 0 Å². The zero-order valence-electron chi connectivity index (χ0n) is 14.9. The smallest absolute Gasteiger partial charge is 0.257 e. The SMILES string of the molecule is CCN(Cc1c(C)nn(C)c1C)C(=O)c1cnn2cccc(C)c12. The molecule has 0 saturated heterocycles. The zero-order valence-corrected chi connectivity index (χ0v) is 14.9. The number of aromatic nitrogens is 4. The van der Waals surface area contributed by atoms with Crippen molar-refractivity contribution in [3.8, 4) is 0 Å². The number of hydrogen-bond acceptors (Lipinski definition) is 3. The second kappa shape index (κ2) is 6.11. The largest absolute Gasteiger partial charge is 0.334 e. The Balaban J connectivity index is 1.97. The van der Waals surface area contributed by atoms with Crippen LogP contribution in [0.3, 0.4) is 0 Å². The van der Waals surface area contributed by atoms with Crippen LogP contribution in [0.1, 0.15) is 39.8 Å². The van der Waals surface area contributed by atoms with E-state index in [1.165, 1.54) is 0 Å². The van der Waals surface area contributed by atoms with Crippen LogP contribution < -0.4 is 0 Å². The Labute approximate surface area is 141 Å². The van der Waals surface area contributed by atoms with E-state index >= 15 is 0 Å². The van der Waals surface area contributed by atoms with Gasteiger partial charge < -0.3 is 4.90 Å². The number of hydrogen-bond donors (Lipinski definition) is 0. The van der Waals surface area contributed by atoms with Crippen molar-refractivity contribution >= 4 is 11.4 Å². The molecule has 0 fully saturated rings. The lowest BCUT2D eigenvalue weighted by atomic mass is 10.1. The fourth-order valence-corrected chi connectivity index (χ4v) is 3.11. The quantitative estimate of drug-likeness (QED) is 0.741. The van der Waals surface area contributed by atoms with Gasteiger partial charge in [0, 0.05) is 37.6 Å². The minimum atomic E-state index is 0.00412. The second-order valence-electron chi connectivity index (χ2n) is 6.13. The monoisotopic (exact) mass is 325 g/mol. The molecule has 0 aromatic carbocycles. The molecule has 0 aliphatic carbocycles. The van der Waals surface area contributed by atoms with Crippen LogP contribution in [0.4, 0.5) is 0 Å². The zero-order chi connectivity index (χ0) is 17.4. The van der Waals surface area contributed by atoms with Crippen molar-refractivity contribution < 1.29 is 4.79 Å². The van der Waals surface area contributed by atoms with E-state index in [0.29, 0.717) is 18.7 Å². The van der Waals surface area contributed by atoms with Crippen molar-refractivity contribution in [3.05, 3.63) is 52.6 Å². The van der Waals surface area contributed by atoms with Crippen LogP contribution in [0.5, 0.6) is 0 Å². The van der Waals surface area contributed by atoms with Crippen molar-refractivity contribution in [1.29, 1.82) is 0 Å². The molecular formula is C18H23N5O. The molecule has 0 spiro atoms. The first-order valence-corrected chi connectivity index (χ1v) is 8.15. The van der Waals surface area contributed by atoms with E-state index in [1.807, 2.05) is 62.7 Å². The van der Waals surface area contributed by atoms with Crippen LogP contribution in [0.2, 0.25) is 0 Å². The van der Waals surface area contributed by atoms with E-state index in [-0.39, 0.29) is 5.91 Å². The molecule has 126 valence electrons. The highest BCUT2D eigenvalue weighted by atomic mass is 16.2. The van der Waals surface area contributed by atoms with E-state index in [1.54, 1.807) is 10.7 Å². The summed E-state index contributed by atoms with van der Waals surface area (Å²) in [6.07, 6.45) is 3.53. The number of pyridine rings is 1. The van der Waals surface area contributed by atoms with Crippen molar-refractivity contribution in [1.82, 2.24) is 24.3 Å². The summed E-state index contributed by atoms with van der Waals surface area (Å²) in [6, 6.07) is 3.93. The van der Waals surface area contributed by atoms with E-state index in [0.717, 1.165) is 28.0 Å². The molecule has 3 heterocycles. The van der Waals surface area contributed by atoms with Crippen molar-refractivity contribution in [2.45, 2.75) is 34.2 Å². The van der Waals surface area contributed by atoms with Gasteiger partial charge in [-0.15, -0.1) is 0 Å². The van der Waals surface area contributed by atoms with E-state index < -0.39 is 0 Å². The molecule has 0 unspecified atom stereocenters. The number of fused-ring (bicyclic) bond motifs is 1. The van der Waals surface area contributed by atoms with Crippen molar-refractivity contribution in [2.24, 2.45) is 7.05 Å². The fraction of sp³-hybridized carbons (Fsp3) is 0.389. The predicted octanol–water partition coefficient (Wildman–Crippen LogP) is 2.66. The van der Waals surface area contributed by atoms with Crippen LogP contribution in [0.15, 0.2) is 24.5 Å². The molecule has 0 aliphatic heterocycles. The van der Waals surface area contributed by atoms with E-state index in [4.69, 9.17) is 0 Å². The van der Waals surface area contributed by atoms with Gasteiger partial charge in [-0.1, -0.05) is 6.07 Å². The molecule has 0 radical (unpaired) electrons. The summed E-state index contributed by atoms with van der Waals surface area (Å²) in [6.45, 7) is 9.21. The molecule has 0 atom stereocenters. The normalized spacial score (nSPS) is 11.2. The van der Waals surface area contributed by atoms with Gasteiger partial charge in [-0.3, -0.25) is 9.48 Å². The number of aryl methyl sites for hydroxylation is 3. The first-order valence-electron chi connectivity index (χ1n) is 8.15. The van der Waals surface area contributed by atoms with Gasteiger partial charge in [-0.05, 0) is 39.3 Å². The first-order chi connectivity index (χ1) is 11.4. The van der Waals surface area contributed by atoms with Gasteiger partial charge in [0.15, 0.2) is 0 Å². The van der Waals surface area contributed by atoms with Gasteiger partial charge in [0.25, 0.3) is 5.91 Å². The molecule has 6 nitrogen and oxygen atoms in total. The third-order valence-corrected chi connectivity index (χ3v) is 4.65. The lowest BCUT2D eigenvalue weighted by Gasteiger charge is -2.21. The topological polar surface area (TPSA) is 55.4 Å². The highest BCUT2D eigenvalue weighted by Gasteiger charge is 2.22. The van der Waals surface area contributed by atoms with Crippen LogP contribution in [0, 0.1) is 20.8 Å². The number of amides is 1. The van der Waals surface area contributed by atoms with E-state index in [9.17, 15) is 4.79 Å². The minimum Gasteiger partial charge on any atom is -0.334 e. The lowest BCUT2D eigenvalue weighted by molar-refractivity contribution is 0.0754. The number of carbonyl (C=O) groups excluding carboxylic acids is 1. The molecule has 1 amide bonds. The third kappa shape index (κ3) is 2.58. The molecule has 24 heavy (non-hydrogen) atoms. The molecule has 3 rings (SSSR count). The summed E-state index contributed by atoms with van der Waals surface area (Å²) in [4.78, 5) is 14.9. The standard InChI is InChI=1S/C18H23N5O/c1-6-22(11-16-13(3)20-21(5)14(16)4)18(24)15-10-19-23-9-7-8-12(2)17(15)23/h7-10H,6,11H2,1-5H3. The van der Waals surface area contributed by atoms with Gasteiger partial charge in [0.05, 0.1) is 23.0 Å². The van der Waals surface area contributed by atoms with Gasteiger partial charge in [0.1, 0.15) is 0 Å². The van der Waals surface area contributed by atoms with Crippen LogP contribution in [-0.4, -0.2) is 36.7 Å². The van der Waals surface area contributed by atoms with Gasteiger partial charge in [-0.25, -0.2) is 4.52 Å². The third-order valence-electron chi connectivity index (χ3n) is 4.65. The molecule has 6 heteroatoms. The van der Waals surface area contributed by atoms with Gasteiger partial charge >= 0.3 is 0 Å². The maximum absolute atomic E-state index is 13.1. The minimum absolute atomic E-state index is 0.00412. The molecule has 0 aliphatic rings. The number of carbonyl (C=O) groups is 1. The van der Waals surface area contributed by atoms with Crippen LogP contribution in [0.25, 0.3) is 5.52 Å². The summed E-state index contributed by atoms with van der Waals surface area (Å²) in [7, 11) is 1.93. The maximum Gasteiger partial charge on any atom is 0.257 e.